The smallest absolute Gasteiger partial charge is 0.148 e. The van der Waals surface area contributed by atoms with Crippen molar-refractivity contribution in [1.29, 1.82) is 0 Å². The molecule has 1 rings (SSSR count). The van der Waals surface area contributed by atoms with Gasteiger partial charge in [0.05, 0.1) is 12.7 Å². The molecule has 0 aliphatic carbocycles. The van der Waals surface area contributed by atoms with Gasteiger partial charge in [-0.1, -0.05) is 0 Å². The molecule has 0 amide bonds. The van der Waals surface area contributed by atoms with Gasteiger partial charge in [-0.2, -0.15) is 0 Å². The molecule has 0 bridgehead atoms. The molecule has 18 heavy (non-hydrogen) atoms. The van der Waals surface area contributed by atoms with E-state index in [1.165, 1.54) is 0 Å². The summed E-state index contributed by atoms with van der Waals surface area (Å²) in [5.41, 5.74) is 3.39. The third kappa shape index (κ3) is 3.52. The lowest BCUT2D eigenvalue weighted by molar-refractivity contribution is 0.0694. The first-order valence-electron chi connectivity index (χ1n) is 5.69. The van der Waals surface area contributed by atoms with Crippen LogP contribution >= 0.6 is 0 Å². The third-order valence-electron chi connectivity index (χ3n) is 2.57. The second-order valence-electron chi connectivity index (χ2n) is 4.20. The van der Waals surface area contributed by atoms with Crippen LogP contribution in [0, 0.1) is 13.8 Å². The Labute approximate surface area is 107 Å². The number of ether oxygens (including phenoxy) is 1. The van der Waals surface area contributed by atoms with Crippen molar-refractivity contribution in [2.75, 3.05) is 37.6 Å². The number of aryl methyl sites for hydroxylation is 1. The molecule has 4 N–H and O–H groups in total. The average molecular weight is 255 g/mol. The summed E-state index contributed by atoms with van der Waals surface area (Å²) in [6.07, 6.45) is -0.566. The number of aliphatic hydroxyl groups is 1. The Bertz CT molecular complexity index is 399. The van der Waals surface area contributed by atoms with Gasteiger partial charge >= 0.3 is 0 Å². The van der Waals surface area contributed by atoms with Crippen LogP contribution in [-0.4, -0.2) is 48.5 Å². The van der Waals surface area contributed by atoms with Crippen LogP contribution < -0.4 is 16.2 Å². The van der Waals surface area contributed by atoms with E-state index in [2.05, 4.69) is 15.4 Å². The van der Waals surface area contributed by atoms with Gasteiger partial charge in [-0.25, -0.2) is 15.8 Å². The van der Waals surface area contributed by atoms with Gasteiger partial charge in [0.25, 0.3) is 0 Å². The van der Waals surface area contributed by atoms with Crippen LogP contribution in [0.1, 0.15) is 11.4 Å². The van der Waals surface area contributed by atoms with Gasteiger partial charge in [0, 0.05) is 26.3 Å². The maximum atomic E-state index is 9.72. The van der Waals surface area contributed by atoms with E-state index in [9.17, 15) is 5.11 Å². The number of aromatic nitrogens is 2. The molecule has 1 heterocycles. The predicted octanol–water partition coefficient (Wildman–Crippen LogP) is -0.177. The monoisotopic (exact) mass is 255 g/mol. The number of hydrogen-bond acceptors (Lipinski definition) is 7. The van der Waals surface area contributed by atoms with Crippen molar-refractivity contribution < 1.29 is 9.84 Å². The Morgan fingerprint density at radius 2 is 2.11 bits per heavy atom. The molecule has 0 aromatic carbocycles. The number of nitrogens with one attached hydrogen (secondary N) is 1. The maximum Gasteiger partial charge on any atom is 0.148 e. The van der Waals surface area contributed by atoms with Crippen molar-refractivity contribution in [2.45, 2.75) is 20.0 Å². The molecule has 0 saturated heterocycles. The number of anilines is 2. The number of methoxy groups -OCH3 is 1. The molecule has 7 heteroatoms. The molecule has 0 saturated carbocycles. The number of nitrogens with two attached hydrogens (primary N) is 1. The van der Waals surface area contributed by atoms with Crippen molar-refractivity contribution in [3.05, 3.63) is 11.4 Å². The summed E-state index contributed by atoms with van der Waals surface area (Å²) in [5, 5.41) is 9.72. The molecule has 0 fully saturated rings. The van der Waals surface area contributed by atoms with E-state index < -0.39 is 6.10 Å². The van der Waals surface area contributed by atoms with Gasteiger partial charge < -0.3 is 20.2 Å². The van der Waals surface area contributed by atoms with E-state index in [1.54, 1.807) is 14.0 Å². The molecular weight excluding hydrogens is 234 g/mol. The van der Waals surface area contributed by atoms with Crippen molar-refractivity contribution in [3.63, 3.8) is 0 Å². The zero-order chi connectivity index (χ0) is 13.7. The van der Waals surface area contributed by atoms with Crippen LogP contribution in [0.2, 0.25) is 0 Å². The largest absolute Gasteiger partial charge is 0.389 e. The van der Waals surface area contributed by atoms with Gasteiger partial charge in [-0.3, -0.25) is 0 Å². The second-order valence-corrected chi connectivity index (χ2v) is 4.20. The first-order chi connectivity index (χ1) is 8.49. The fourth-order valence-electron chi connectivity index (χ4n) is 1.77. The Morgan fingerprint density at radius 3 is 2.67 bits per heavy atom. The Morgan fingerprint density at radius 1 is 1.44 bits per heavy atom. The minimum absolute atomic E-state index is 0.287. The zero-order valence-corrected chi connectivity index (χ0v) is 11.3. The highest BCUT2D eigenvalue weighted by Crippen LogP contribution is 2.21. The molecule has 0 spiro atoms. The molecule has 0 radical (unpaired) electrons. The summed E-state index contributed by atoms with van der Waals surface area (Å²) in [6, 6.07) is 0. The molecule has 1 atom stereocenters. The van der Waals surface area contributed by atoms with Crippen LogP contribution in [0.4, 0.5) is 11.6 Å². The summed E-state index contributed by atoms with van der Waals surface area (Å²) in [6.45, 7) is 4.39. The first kappa shape index (κ1) is 14.6. The van der Waals surface area contributed by atoms with E-state index in [0.717, 1.165) is 11.4 Å². The van der Waals surface area contributed by atoms with Crippen LogP contribution in [-0.2, 0) is 4.74 Å². The molecule has 0 aliphatic heterocycles. The quantitative estimate of drug-likeness (QED) is 0.479. The molecule has 1 aromatic heterocycles. The molecule has 1 aromatic rings. The number of hydrogen-bond donors (Lipinski definition) is 3. The van der Waals surface area contributed by atoms with E-state index in [1.807, 2.05) is 18.9 Å². The summed E-state index contributed by atoms with van der Waals surface area (Å²) in [5.74, 6) is 7.36. The summed E-state index contributed by atoms with van der Waals surface area (Å²) < 4.78 is 4.90. The zero-order valence-electron chi connectivity index (χ0n) is 11.3. The fourth-order valence-corrected chi connectivity index (χ4v) is 1.77. The highest BCUT2D eigenvalue weighted by atomic mass is 16.5. The normalized spacial score (nSPS) is 12.3. The number of aliphatic hydroxyl groups excluding tert-OH is 1. The SMILES string of the molecule is COCC(O)CN(C)c1nc(C)nc(NN)c1C. The standard InChI is InChI=1S/C11H21N5O2/c1-7-10(15-12)13-8(2)14-11(7)16(3)5-9(17)6-18-4/h9,17H,5-6,12H2,1-4H3,(H,13,14,15). The van der Waals surface area contributed by atoms with Gasteiger partial charge in [0.1, 0.15) is 17.5 Å². The summed E-state index contributed by atoms with van der Waals surface area (Å²) in [7, 11) is 3.41. The van der Waals surface area contributed by atoms with E-state index in [4.69, 9.17) is 10.6 Å². The van der Waals surface area contributed by atoms with Crippen LogP contribution in [0.25, 0.3) is 0 Å². The minimum Gasteiger partial charge on any atom is -0.389 e. The topological polar surface area (TPSA) is 96.5 Å². The lowest BCUT2D eigenvalue weighted by Crippen LogP contribution is -2.33. The van der Waals surface area contributed by atoms with Gasteiger partial charge in [-0.15, -0.1) is 0 Å². The van der Waals surface area contributed by atoms with Crippen molar-refractivity contribution >= 4 is 11.6 Å². The van der Waals surface area contributed by atoms with Crippen LogP contribution in [0.3, 0.4) is 0 Å². The van der Waals surface area contributed by atoms with Crippen molar-refractivity contribution in [1.82, 2.24) is 9.97 Å². The Kier molecular flexibility index (Phi) is 5.26. The lowest BCUT2D eigenvalue weighted by Gasteiger charge is -2.24. The highest BCUT2D eigenvalue weighted by Gasteiger charge is 2.15. The van der Waals surface area contributed by atoms with Crippen LogP contribution in [0.5, 0.6) is 0 Å². The van der Waals surface area contributed by atoms with E-state index in [-0.39, 0.29) is 6.61 Å². The first-order valence-corrected chi connectivity index (χ1v) is 5.69. The average Bonchev–Trinajstić information content (AvgIpc) is 2.31. The Hall–Kier alpha value is -1.44. The third-order valence-corrected chi connectivity index (χ3v) is 2.57. The van der Waals surface area contributed by atoms with Gasteiger partial charge in [0.15, 0.2) is 0 Å². The molecule has 7 nitrogen and oxygen atoms in total. The summed E-state index contributed by atoms with van der Waals surface area (Å²) in [4.78, 5) is 10.4. The van der Waals surface area contributed by atoms with Crippen molar-refractivity contribution in [2.24, 2.45) is 5.84 Å². The highest BCUT2D eigenvalue weighted by molar-refractivity contribution is 5.57. The van der Waals surface area contributed by atoms with Gasteiger partial charge in [0.2, 0.25) is 0 Å². The predicted molar refractivity (Wildman–Crippen MR) is 70.5 cm³/mol. The molecule has 1 unspecified atom stereocenters. The number of rotatable bonds is 6. The van der Waals surface area contributed by atoms with Gasteiger partial charge in [-0.05, 0) is 13.8 Å². The fraction of sp³-hybridized carbons (Fsp3) is 0.636. The van der Waals surface area contributed by atoms with Crippen LogP contribution in [0.15, 0.2) is 0 Å². The second kappa shape index (κ2) is 6.48. The molecule has 102 valence electrons. The number of nitrogen functional groups attached to an aromatic ring is 1. The molecule has 0 aliphatic rings. The number of hydrazine groups is 1. The molecular formula is C11H21N5O2. The number of nitrogens with zero attached hydrogens (tertiary/aromatic N) is 3. The minimum atomic E-state index is -0.566. The summed E-state index contributed by atoms with van der Waals surface area (Å²) >= 11 is 0. The maximum absolute atomic E-state index is 9.72. The lowest BCUT2D eigenvalue weighted by atomic mass is 10.2. The van der Waals surface area contributed by atoms with Crippen molar-refractivity contribution in [3.8, 4) is 0 Å². The Balaban J connectivity index is 2.91. The van der Waals surface area contributed by atoms with E-state index in [0.29, 0.717) is 18.2 Å². The van der Waals surface area contributed by atoms with E-state index >= 15 is 0 Å². The number of likely N-dealkylation sites (N-methyl/N-ethyl adjacent to an activating group) is 1.